The molecule has 0 aliphatic rings. The van der Waals surface area contributed by atoms with Crippen LogP contribution in [0.4, 0.5) is 0 Å². The molecule has 0 aliphatic carbocycles. The van der Waals surface area contributed by atoms with E-state index in [9.17, 15) is 19.5 Å². The van der Waals surface area contributed by atoms with Crippen LogP contribution in [-0.4, -0.2) is 44.3 Å². The van der Waals surface area contributed by atoms with Gasteiger partial charge < -0.3 is 25.7 Å². The lowest BCUT2D eigenvalue weighted by molar-refractivity contribution is -0.140. The van der Waals surface area contributed by atoms with E-state index >= 15 is 0 Å². The lowest BCUT2D eigenvalue weighted by atomic mass is 10.1. The first kappa shape index (κ1) is 15.3. The maximum absolute atomic E-state index is 11.8. The summed E-state index contributed by atoms with van der Waals surface area (Å²) in [7, 11) is 0. The van der Waals surface area contributed by atoms with Crippen LogP contribution in [-0.2, 0) is 9.59 Å². The standard InChI is InChI=1S/C12H13NO7/c14-6-1-2-7(9(15)5-6)11(18)13-8(12(19)20)3-4-10(16)17/h1-2,5,8,14-15H,3-4H2,(H,13,18)(H,16,17)(H,19,20)/t8-/m0/s1. The summed E-state index contributed by atoms with van der Waals surface area (Å²) >= 11 is 0. The first-order valence-corrected chi connectivity index (χ1v) is 5.58. The highest BCUT2D eigenvalue weighted by Crippen LogP contribution is 2.22. The number of carbonyl (C=O) groups excluding carboxylic acids is 1. The molecule has 0 aliphatic heterocycles. The van der Waals surface area contributed by atoms with E-state index in [4.69, 9.17) is 15.3 Å². The maximum atomic E-state index is 11.8. The van der Waals surface area contributed by atoms with Gasteiger partial charge in [-0.1, -0.05) is 0 Å². The number of rotatable bonds is 6. The third kappa shape index (κ3) is 4.16. The lowest BCUT2D eigenvalue weighted by Gasteiger charge is -2.14. The zero-order valence-corrected chi connectivity index (χ0v) is 10.2. The van der Waals surface area contributed by atoms with Crippen molar-refractivity contribution in [2.45, 2.75) is 18.9 Å². The van der Waals surface area contributed by atoms with Crippen molar-refractivity contribution in [3.63, 3.8) is 0 Å². The molecule has 0 aromatic heterocycles. The van der Waals surface area contributed by atoms with Gasteiger partial charge in [-0.05, 0) is 18.6 Å². The summed E-state index contributed by atoms with van der Waals surface area (Å²) in [5.41, 5.74) is -0.218. The number of benzene rings is 1. The molecule has 0 radical (unpaired) electrons. The van der Waals surface area contributed by atoms with Gasteiger partial charge in [-0.25, -0.2) is 4.79 Å². The Balaban J connectivity index is 2.80. The number of hydrogen-bond acceptors (Lipinski definition) is 5. The average molecular weight is 283 g/mol. The highest BCUT2D eigenvalue weighted by molar-refractivity contribution is 5.99. The van der Waals surface area contributed by atoms with Crippen molar-refractivity contribution in [2.24, 2.45) is 0 Å². The fraction of sp³-hybridized carbons (Fsp3) is 0.250. The second-order valence-electron chi connectivity index (χ2n) is 4.00. The Kier molecular flexibility index (Phi) is 4.90. The largest absolute Gasteiger partial charge is 0.508 e. The van der Waals surface area contributed by atoms with Crippen molar-refractivity contribution in [1.82, 2.24) is 5.32 Å². The smallest absolute Gasteiger partial charge is 0.326 e. The number of carboxylic acid groups (broad SMARTS) is 2. The topological polar surface area (TPSA) is 144 Å². The third-order valence-electron chi connectivity index (χ3n) is 2.48. The minimum Gasteiger partial charge on any atom is -0.508 e. The van der Waals surface area contributed by atoms with Gasteiger partial charge in [-0.15, -0.1) is 0 Å². The Bertz CT molecular complexity index is 541. The van der Waals surface area contributed by atoms with Gasteiger partial charge in [-0.2, -0.15) is 0 Å². The molecule has 8 nitrogen and oxygen atoms in total. The first-order chi connectivity index (χ1) is 9.31. The predicted molar refractivity (Wildman–Crippen MR) is 65.5 cm³/mol. The summed E-state index contributed by atoms with van der Waals surface area (Å²) < 4.78 is 0. The minimum atomic E-state index is -1.38. The Morgan fingerprint density at radius 1 is 1.15 bits per heavy atom. The first-order valence-electron chi connectivity index (χ1n) is 5.58. The zero-order chi connectivity index (χ0) is 15.3. The van der Waals surface area contributed by atoms with E-state index in [0.717, 1.165) is 18.2 Å². The molecule has 1 aromatic carbocycles. The SMILES string of the molecule is O=C(O)CC[C@H](NC(=O)c1ccc(O)cc1O)C(=O)O. The number of carbonyl (C=O) groups is 3. The molecule has 20 heavy (non-hydrogen) atoms. The number of phenols is 2. The highest BCUT2D eigenvalue weighted by atomic mass is 16.4. The molecule has 5 N–H and O–H groups in total. The molecule has 0 fully saturated rings. The van der Waals surface area contributed by atoms with Gasteiger partial charge in [0.15, 0.2) is 0 Å². The van der Waals surface area contributed by atoms with Crippen molar-refractivity contribution in [1.29, 1.82) is 0 Å². The zero-order valence-electron chi connectivity index (χ0n) is 10.2. The second-order valence-corrected chi connectivity index (χ2v) is 4.00. The number of aliphatic carboxylic acids is 2. The summed E-state index contributed by atoms with van der Waals surface area (Å²) in [6.45, 7) is 0. The summed E-state index contributed by atoms with van der Waals surface area (Å²) in [6.07, 6.45) is -0.700. The fourth-order valence-corrected chi connectivity index (χ4v) is 1.47. The van der Waals surface area contributed by atoms with Crippen molar-refractivity contribution in [2.75, 3.05) is 0 Å². The van der Waals surface area contributed by atoms with E-state index in [2.05, 4.69) is 5.32 Å². The van der Waals surface area contributed by atoms with Crippen LogP contribution in [0, 0.1) is 0 Å². The Morgan fingerprint density at radius 2 is 1.80 bits per heavy atom. The molecular weight excluding hydrogens is 270 g/mol. The van der Waals surface area contributed by atoms with E-state index in [1.54, 1.807) is 0 Å². The molecule has 0 unspecified atom stereocenters. The van der Waals surface area contributed by atoms with Crippen molar-refractivity contribution in [3.05, 3.63) is 23.8 Å². The number of amides is 1. The Hall–Kier alpha value is -2.77. The van der Waals surface area contributed by atoms with Crippen molar-refractivity contribution < 1.29 is 34.8 Å². The number of aromatic hydroxyl groups is 2. The normalized spacial score (nSPS) is 11.6. The molecule has 0 saturated heterocycles. The van der Waals surface area contributed by atoms with Crippen LogP contribution in [0.25, 0.3) is 0 Å². The van der Waals surface area contributed by atoms with E-state index in [1.807, 2.05) is 0 Å². The van der Waals surface area contributed by atoms with Gasteiger partial charge in [0.05, 0.1) is 5.56 Å². The highest BCUT2D eigenvalue weighted by Gasteiger charge is 2.22. The number of phenolic OH excluding ortho intramolecular Hbond substituents is 2. The van der Waals surface area contributed by atoms with Gasteiger partial charge in [0.2, 0.25) is 0 Å². The van der Waals surface area contributed by atoms with E-state index in [1.165, 1.54) is 0 Å². The maximum Gasteiger partial charge on any atom is 0.326 e. The van der Waals surface area contributed by atoms with Gasteiger partial charge in [0, 0.05) is 12.5 Å². The number of carboxylic acids is 2. The Morgan fingerprint density at radius 3 is 2.30 bits per heavy atom. The van der Waals surface area contributed by atoms with Crippen molar-refractivity contribution in [3.8, 4) is 11.5 Å². The summed E-state index contributed by atoms with van der Waals surface area (Å²) in [6, 6.07) is 1.83. The second kappa shape index (κ2) is 6.41. The molecule has 108 valence electrons. The molecule has 1 aromatic rings. The molecule has 1 atom stereocenters. The quantitative estimate of drug-likeness (QED) is 0.499. The van der Waals surface area contributed by atoms with Crippen LogP contribution >= 0.6 is 0 Å². The monoisotopic (exact) mass is 283 g/mol. The van der Waals surface area contributed by atoms with Crippen LogP contribution in [0.2, 0.25) is 0 Å². The van der Waals surface area contributed by atoms with Crippen LogP contribution in [0.1, 0.15) is 23.2 Å². The van der Waals surface area contributed by atoms with Gasteiger partial charge in [-0.3, -0.25) is 9.59 Å². The summed E-state index contributed by atoms with van der Waals surface area (Å²) in [5, 5.41) is 38.0. The molecule has 0 bridgehead atoms. The van der Waals surface area contributed by atoms with E-state index in [0.29, 0.717) is 0 Å². The average Bonchev–Trinajstić information content (AvgIpc) is 2.33. The molecule has 1 amide bonds. The fourth-order valence-electron chi connectivity index (χ4n) is 1.47. The lowest BCUT2D eigenvalue weighted by Crippen LogP contribution is -2.41. The molecule has 0 spiro atoms. The number of nitrogens with one attached hydrogen (secondary N) is 1. The third-order valence-corrected chi connectivity index (χ3v) is 2.48. The summed E-state index contributed by atoms with van der Waals surface area (Å²) in [5.74, 6) is -4.19. The molecule has 0 heterocycles. The van der Waals surface area contributed by atoms with Gasteiger partial charge in [0.1, 0.15) is 17.5 Å². The van der Waals surface area contributed by atoms with Gasteiger partial charge in [0.25, 0.3) is 5.91 Å². The Labute approximate surface area is 113 Å². The van der Waals surface area contributed by atoms with Gasteiger partial charge >= 0.3 is 11.9 Å². The van der Waals surface area contributed by atoms with Crippen LogP contribution in [0.3, 0.4) is 0 Å². The van der Waals surface area contributed by atoms with Crippen LogP contribution < -0.4 is 5.32 Å². The molecule has 0 saturated carbocycles. The van der Waals surface area contributed by atoms with E-state index < -0.39 is 36.1 Å². The predicted octanol–water partition coefficient (Wildman–Crippen LogP) is 0.146. The van der Waals surface area contributed by atoms with Crippen LogP contribution in [0.5, 0.6) is 11.5 Å². The van der Waals surface area contributed by atoms with Crippen molar-refractivity contribution >= 4 is 17.8 Å². The molecule has 1 rings (SSSR count). The minimum absolute atomic E-state index is 0.218. The van der Waals surface area contributed by atoms with E-state index in [-0.39, 0.29) is 17.7 Å². The number of hydrogen-bond donors (Lipinski definition) is 5. The molecule has 8 heteroatoms. The molecular formula is C12H13NO7. The van der Waals surface area contributed by atoms with Crippen LogP contribution in [0.15, 0.2) is 18.2 Å². The summed E-state index contributed by atoms with van der Waals surface area (Å²) in [4.78, 5) is 33.1.